The van der Waals surface area contributed by atoms with E-state index >= 15 is 0 Å². The van der Waals surface area contributed by atoms with Crippen molar-refractivity contribution in [3.8, 4) is 0 Å². The van der Waals surface area contributed by atoms with E-state index in [1.54, 1.807) is 22.2 Å². The van der Waals surface area contributed by atoms with Gasteiger partial charge in [-0.2, -0.15) is 0 Å². The maximum absolute atomic E-state index is 13.1. The third-order valence-corrected chi connectivity index (χ3v) is 7.20. The van der Waals surface area contributed by atoms with Crippen molar-refractivity contribution in [2.75, 3.05) is 6.54 Å². The van der Waals surface area contributed by atoms with Crippen molar-refractivity contribution in [2.45, 2.75) is 45.2 Å². The molecule has 0 radical (unpaired) electrons. The van der Waals surface area contributed by atoms with Crippen LogP contribution in [0, 0.1) is 5.92 Å². The molecule has 2 aromatic heterocycles. The third kappa shape index (κ3) is 3.05. The minimum Gasteiger partial charge on any atom is -0.337 e. The lowest BCUT2D eigenvalue weighted by Gasteiger charge is -2.33. The molecule has 0 spiro atoms. The summed E-state index contributed by atoms with van der Waals surface area (Å²) in [6.45, 7) is 1.98. The van der Waals surface area contributed by atoms with Crippen LogP contribution in [0.1, 0.15) is 35.3 Å². The molecule has 5 rings (SSSR count). The first kappa shape index (κ1) is 17.6. The number of nitrogens with zero attached hydrogens (tertiary/aromatic N) is 3. The summed E-state index contributed by atoms with van der Waals surface area (Å²) in [5, 5.41) is 0.770. The maximum atomic E-state index is 13.1. The SMILES string of the molecule is O=C(C1CCC1)N1CCc2c(sc3ncn(CCc4ccccc4)c(=O)c23)C1. The van der Waals surface area contributed by atoms with Gasteiger partial charge in [-0.1, -0.05) is 36.8 Å². The largest absolute Gasteiger partial charge is 0.337 e. The second-order valence-corrected chi connectivity index (χ2v) is 8.88. The third-order valence-electron chi connectivity index (χ3n) is 6.08. The highest BCUT2D eigenvalue weighted by molar-refractivity contribution is 7.18. The number of hydrogen-bond acceptors (Lipinski definition) is 4. The molecule has 28 heavy (non-hydrogen) atoms. The number of benzene rings is 1. The van der Waals surface area contributed by atoms with Gasteiger partial charge in [0.1, 0.15) is 4.83 Å². The van der Waals surface area contributed by atoms with Crippen molar-refractivity contribution in [3.63, 3.8) is 0 Å². The van der Waals surface area contributed by atoms with Crippen LogP contribution in [0.5, 0.6) is 0 Å². The zero-order valence-corrected chi connectivity index (χ0v) is 16.6. The molecule has 1 aliphatic heterocycles. The summed E-state index contributed by atoms with van der Waals surface area (Å²) in [5.74, 6) is 0.520. The van der Waals surface area contributed by atoms with Crippen LogP contribution in [0.15, 0.2) is 41.5 Å². The Morgan fingerprint density at radius 2 is 2.04 bits per heavy atom. The molecule has 1 saturated carbocycles. The molecule has 1 aliphatic carbocycles. The van der Waals surface area contributed by atoms with E-state index in [9.17, 15) is 9.59 Å². The number of rotatable bonds is 4. The summed E-state index contributed by atoms with van der Waals surface area (Å²) in [7, 11) is 0. The van der Waals surface area contributed by atoms with Gasteiger partial charge in [-0.25, -0.2) is 4.98 Å². The Hall–Kier alpha value is -2.47. The molecule has 1 fully saturated rings. The van der Waals surface area contributed by atoms with Crippen LogP contribution in [-0.4, -0.2) is 26.9 Å². The molecule has 144 valence electrons. The van der Waals surface area contributed by atoms with Crippen LogP contribution in [-0.2, 0) is 30.7 Å². The molecule has 0 unspecified atom stereocenters. The number of amides is 1. The minimum atomic E-state index is 0.0530. The Bertz CT molecular complexity index is 1080. The monoisotopic (exact) mass is 393 g/mol. The normalized spacial score (nSPS) is 16.8. The first-order chi connectivity index (χ1) is 13.7. The first-order valence-electron chi connectivity index (χ1n) is 10.0. The summed E-state index contributed by atoms with van der Waals surface area (Å²) in [5.41, 5.74) is 2.38. The van der Waals surface area contributed by atoms with Crippen LogP contribution in [0.4, 0.5) is 0 Å². The number of fused-ring (bicyclic) bond motifs is 3. The summed E-state index contributed by atoms with van der Waals surface area (Å²) >= 11 is 1.58. The Labute approximate surface area is 167 Å². The minimum absolute atomic E-state index is 0.0530. The molecule has 0 atom stereocenters. The summed E-state index contributed by atoms with van der Waals surface area (Å²) < 4.78 is 1.73. The molecule has 3 heterocycles. The van der Waals surface area contributed by atoms with Crippen molar-refractivity contribution < 1.29 is 4.79 Å². The van der Waals surface area contributed by atoms with E-state index in [0.717, 1.165) is 46.3 Å². The molecule has 0 saturated heterocycles. The molecule has 1 amide bonds. The molecule has 0 bridgehead atoms. The molecular formula is C22H23N3O2S. The molecule has 6 heteroatoms. The molecular weight excluding hydrogens is 370 g/mol. The number of carbonyl (C=O) groups is 1. The predicted molar refractivity (Wildman–Crippen MR) is 110 cm³/mol. The summed E-state index contributed by atoms with van der Waals surface area (Å²) in [4.78, 5) is 34.2. The van der Waals surface area contributed by atoms with E-state index in [-0.39, 0.29) is 11.5 Å². The van der Waals surface area contributed by atoms with E-state index in [4.69, 9.17) is 0 Å². The number of thiophene rings is 1. The van der Waals surface area contributed by atoms with E-state index < -0.39 is 0 Å². The average molecular weight is 394 g/mol. The number of carbonyl (C=O) groups excluding carboxylic acids is 1. The van der Waals surface area contributed by atoms with Crippen molar-refractivity contribution in [1.29, 1.82) is 0 Å². The second kappa shape index (κ2) is 7.17. The Morgan fingerprint density at radius 1 is 1.21 bits per heavy atom. The topological polar surface area (TPSA) is 55.2 Å². The Morgan fingerprint density at radius 3 is 2.79 bits per heavy atom. The standard InChI is InChI=1S/C22H23N3O2S/c26-21(16-7-4-8-16)24-12-10-17-18(13-24)28-20-19(17)22(27)25(14-23-20)11-9-15-5-2-1-3-6-15/h1-3,5-6,14,16H,4,7-13H2. The zero-order valence-electron chi connectivity index (χ0n) is 15.8. The van der Waals surface area contributed by atoms with Crippen molar-refractivity contribution >= 4 is 27.5 Å². The van der Waals surface area contributed by atoms with E-state index in [0.29, 0.717) is 25.5 Å². The highest BCUT2D eigenvalue weighted by Crippen LogP contribution is 2.35. The number of aryl methyl sites for hydroxylation is 2. The highest BCUT2D eigenvalue weighted by Gasteiger charge is 2.32. The fourth-order valence-corrected chi connectivity index (χ4v) is 5.37. The van der Waals surface area contributed by atoms with Gasteiger partial charge in [0.05, 0.1) is 18.3 Å². The van der Waals surface area contributed by atoms with Gasteiger partial charge in [-0.3, -0.25) is 14.2 Å². The van der Waals surface area contributed by atoms with E-state index in [1.165, 1.54) is 12.0 Å². The predicted octanol–water partition coefficient (Wildman–Crippen LogP) is 3.39. The van der Waals surface area contributed by atoms with Gasteiger partial charge in [0.25, 0.3) is 5.56 Å². The van der Waals surface area contributed by atoms with Gasteiger partial charge in [0.2, 0.25) is 5.91 Å². The number of hydrogen-bond donors (Lipinski definition) is 0. The van der Waals surface area contributed by atoms with Crippen LogP contribution >= 0.6 is 11.3 Å². The summed E-state index contributed by atoms with van der Waals surface area (Å²) in [6.07, 6.45) is 6.47. The fourth-order valence-electron chi connectivity index (χ4n) is 4.17. The lowest BCUT2D eigenvalue weighted by molar-refractivity contribution is -0.139. The molecule has 1 aromatic carbocycles. The quantitative estimate of drug-likeness (QED) is 0.683. The molecule has 0 N–H and O–H groups in total. The van der Waals surface area contributed by atoms with Crippen molar-refractivity contribution in [2.24, 2.45) is 5.92 Å². The lowest BCUT2D eigenvalue weighted by Crippen LogP contribution is -2.41. The molecule has 5 nitrogen and oxygen atoms in total. The van der Waals surface area contributed by atoms with Crippen LogP contribution in [0.3, 0.4) is 0 Å². The van der Waals surface area contributed by atoms with Crippen LogP contribution < -0.4 is 5.56 Å². The average Bonchev–Trinajstić information content (AvgIpc) is 3.05. The summed E-state index contributed by atoms with van der Waals surface area (Å²) in [6, 6.07) is 10.2. The van der Waals surface area contributed by atoms with Crippen molar-refractivity contribution in [3.05, 3.63) is 63.0 Å². The van der Waals surface area contributed by atoms with Gasteiger partial charge >= 0.3 is 0 Å². The second-order valence-electron chi connectivity index (χ2n) is 7.80. The fraction of sp³-hybridized carbons (Fsp3) is 0.409. The smallest absolute Gasteiger partial charge is 0.262 e. The Balaban J connectivity index is 1.41. The van der Waals surface area contributed by atoms with E-state index in [2.05, 4.69) is 17.1 Å². The van der Waals surface area contributed by atoms with Gasteiger partial charge in [0, 0.05) is 23.9 Å². The Kier molecular flexibility index (Phi) is 4.51. The lowest BCUT2D eigenvalue weighted by atomic mass is 9.84. The van der Waals surface area contributed by atoms with Crippen LogP contribution in [0.25, 0.3) is 10.2 Å². The zero-order chi connectivity index (χ0) is 19.1. The van der Waals surface area contributed by atoms with Gasteiger partial charge in [0.15, 0.2) is 0 Å². The van der Waals surface area contributed by atoms with Gasteiger partial charge < -0.3 is 4.90 Å². The maximum Gasteiger partial charge on any atom is 0.262 e. The van der Waals surface area contributed by atoms with Gasteiger partial charge in [-0.05, 0) is 36.8 Å². The molecule has 3 aromatic rings. The first-order valence-corrected chi connectivity index (χ1v) is 10.8. The van der Waals surface area contributed by atoms with Gasteiger partial charge in [-0.15, -0.1) is 11.3 Å². The van der Waals surface area contributed by atoms with Crippen LogP contribution in [0.2, 0.25) is 0 Å². The van der Waals surface area contributed by atoms with E-state index in [1.807, 2.05) is 23.1 Å². The molecule has 2 aliphatic rings. The highest BCUT2D eigenvalue weighted by atomic mass is 32.1. The number of aromatic nitrogens is 2. The van der Waals surface area contributed by atoms with Crippen molar-refractivity contribution in [1.82, 2.24) is 14.5 Å².